The lowest BCUT2D eigenvalue weighted by atomic mass is 10.2. The number of aromatic nitrogens is 3. The van der Waals surface area contributed by atoms with Crippen LogP contribution in [0.2, 0.25) is 0 Å². The van der Waals surface area contributed by atoms with Gasteiger partial charge in [0.25, 0.3) is 0 Å². The summed E-state index contributed by atoms with van der Waals surface area (Å²) in [6.07, 6.45) is 0. The summed E-state index contributed by atoms with van der Waals surface area (Å²) in [5.41, 5.74) is 0.819. The van der Waals surface area contributed by atoms with E-state index >= 15 is 0 Å². The van der Waals surface area contributed by atoms with Gasteiger partial charge in [-0.2, -0.15) is 5.10 Å². The van der Waals surface area contributed by atoms with E-state index in [1.165, 1.54) is 4.68 Å². The Labute approximate surface area is 215 Å². The molecule has 8 heteroatoms. The first-order chi connectivity index (χ1) is 17.6. The van der Waals surface area contributed by atoms with Crippen molar-refractivity contribution in [1.29, 1.82) is 0 Å². The number of hydrogen-bond acceptors (Lipinski definition) is 5. The van der Waals surface area contributed by atoms with E-state index in [2.05, 4.69) is 10.2 Å². The van der Waals surface area contributed by atoms with E-state index < -0.39 is 7.14 Å². The third-order valence-electron chi connectivity index (χ3n) is 5.49. The summed E-state index contributed by atoms with van der Waals surface area (Å²) < 4.78 is 21.0. The Morgan fingerprint density at radius 1 is 0.806 bits per heavy atom. The number of nitrogen functional groups attached to an aromatic ring is 1. The highest BCUT2D eigenvalue weighted by atomic mass is 32.1. The van der Waals surface area contributed by atoms with Crippen molar-refractivity contribution in [2.75, 3.05) is 12.4 Å². The minimum atomic E-state index is -2.78. The van der Waals surface area contributed by atoms with Gasteiger partial charge in [0.2, 0.25) is 4.77 Å². The summed E-state index contributed by atoms with van der Waals surface area (Å²) in [7, 11) is -2.78. The standard InChI is InChI=1S/C18H15OP.C10H12N4OS/c19-20(16-10-4-1-5-11-16,17-12-6-2-7-13-17)18-14-8-3-9-15-18;1-2-15-8-6-4-3-5-7(8)9-12-13-10(16)14(9)11/h1-15H;3-6H,2,11H2,1H3,(H,13,16). The average molecular weight is 515 g/mol. The largest absolute Gasteiger partial charge is 0.493 e. The highest BCUT2D eigenvalue weighted by Crippen LogP contribution is 2.41. The Hall–Kier alpha value is -3.93. The van der Waals surface area contributed by atoms with Gasteiger partial charge in [0.05, 0.1) is 12.2 Å². The van der Waals surface area contributed by atoms with E-state index in [0.717, 1.165) is 27.2 Å². The number of rotatable bonds is 6. The van der Waals surface area contributed by atoms with Crippen molar-refractivity contribution in [3.63, 3.8) is 0 Å². The average Bonchev–Trinajstić information content (AvgIpc) is 3.28. The molecular weight excluding hydrogens is 487 g/mol. The van der Waals surface area contributed by atoms with Crippen LogP contribution >= 0.6 is 19.4 Å². The van der Waals surface area contributed by atoms with Crippen LogP contribution in [0.25, 0.3) is 11.4 Å². The molecule has 0 saturated carbocycles. The number of nitrogens with two attached hydrogens (primary N) is 1. The third kappa shape index (κ3) is 5.33. The molecule has 0 aliphatic heterocycles. The fraction of sp³-hybridized carbons (Fsp3) is 0.0714. The minimum Gasteiger partial charge on any atom is -0.493 e. The van der Waals surface area contributed by atoms with Crippen molar-refractivity contribution in [3.05, 3.63) is 120 Å². The first-order valence-electron chi connectivity index (χ1n) is 11.5. The second-order valence-corrected chi connectivity index (χ2v) is 10.9. The molecule has 0 fully saturated rings. The lowest BCUT2D eigenvalue weighted by molar-refractivity contribution is 0.341. The number of hydrogen-bond donors (Lipinski definition) is 2. The van der Waals surface area contributed by atoms with E-state index in [9.17, 15) is 4.57 Å². The van der Waals surface area contributed by atoms with Gasteiger partial charge >= 0.3 is 0 Å². The van der Waals surface area contributed by atoms with Gasteiger partial charge < -0.3 is 15.1 Å². The molecule has 3 N–H and O–H groups in total. The molecular formula is C28H27N4O2PS. The zero-order valence-corrected chi connectivity index (χ0v) is 21.5. The molecule has 5 rings (SSSR count). The summed E-state index contributed by atoms with van der Waals surface area (Å²) in [6, 6.07) is 36.7. The molecule has 4 aromatic carbocycles. The van der Waals surface area contributed by atoms with E-state index in [-0.39, 0.29) is 0 Å². The maximum atomic E-state index is 13.8. The van der Waals surface area contributed by atoms with Crippen LogP contribution in [0.1, 0.15) is 6.92 Å². The third-order valence-corrected chi connectivity index (χ3v) is 8.86. The van der Waals surface area contributed by atoms with Crippen LogP contribution in [0.5, 0.6) is 5.75 Å². The molecule has 0 radical (unpaired) electrons. The van der Waals surface area contributed by atoms with Gasteiger partial charge in [-0.3, -0.25) is 0 Å². The number of nitrogens with zero attached hydrogens (tertiary/aromatic N) is 2. The van der Waals surface area contributed by atoms with Gasteiger partial charge in [0.15, 0.2) is 13.0 Å². The molecule has 1 heterocycles. The molecule has 0 saturated heterocycles. The number of H-pyrrole nitrogens is 1. The maximum Gasteiger partial charge on any atom is 0.214 e. The first kappa shape index (κ1) is 25.2. The number of aromatic amines is 1. The molecule has 0 atom stereocenters. The second-order valence-electron chi connectivity index (χ2n) is 7.77. The topological polar surface area (TPSA) is 85.9 Å². The Bertz CT molecular complexity index is 1400. The molecule has 182 valence electrons. The number of benzene rings is 4. The summed E-state index contributed by atoms with van der Waals surface area (Å²) in [5.74, 6) is 7.07. The highest BCUT2D eigenvalue weighted by Gasteiger charge is 2.28. The van der Waals surface area contributed by atoms with Crippen molar-refractivity contribution in [1.82, 2.24) is 14.9 Å². The molecule has 6 nitrogen and oxygen atoms in total. The van der Waals surface area contributed by atoms with Gasteiger partial charge in [-0.25, -0.2) is 9.77 Å². The predicted molar refractivity (Wildman–Crippen MR) is 150 cm³/mol. The van der Waals surface area contributed by atoms with Crippen molar-refractivity contribution < 1.29 is 9.30 Å². The van der Waals surface area contributed by atoms with E-state index in [0.29, 0.717) is 17.2 Å². The SMILES string of the molecule is CCOc1ccccc1-c1n[nH]c(=S)n1N.O=P(c1ccccc1)(c1ccccc1)c1ccccc1. The molecule has 5 aromatic rings. The van der Waals surface area contributed by atoms with Crippen LogP contribution < -0.4 is 26.5 Å². The predicted octanol–water partition coefficient (Wildman–Crippen LogP) is 5.05. The smallest absolute Gasteiger partial charge is 0.214 e. The zero-order valence-electron chi connectivity index (χ0n) is 19.8. The number of para-hydroxylation sites is 1. The van der Waals surface area contributed by atoms with Gasteiger partial charge in [-0.15, -0.1) is 0 Å². The molecule has 0 amide bonds. The van der Waals surface area contributed by atoms with Crippen LogP contribution in [-0.4, -0.2) is 21.5 Å². The molecule has 0 aliphatic rings. The van der Waals surface area contributed by atoms with Gasteiger partial charge in [-0.1, -0.05) is 103 Å². The normalized spacial score (nSPS) is 10.8. The van der Waals surface area contributed by atoms with Crippen LogP contribution in [0.15, 0.2) is 115 Å². The Kier molecular flexibility index (Phi) is 8.16. The van der Waals surface area contributed by atoms with Crippen LogP contribution in [0.4, 0.5) is 0 Å². The molecule has 36 heavy (non-hydrogen) atoms. The van der Waals surface area contributed by atoms with Crippen LogP contribution in [-0.2, 0) is 4.57 Å². The summed E-state index contributed by atoms with van der Waals surface area (Å²) in [6.45, 7) is 2.52. The van der Waals surface area contributed by atoms with Crippen molar-refractivity contribution >= 4 is 35.3 Å². The lowest BCUT2D eigenvalue weighted by Crippen LogP contribution is -2.24. The van der Waals surface area contributed by atoms with Crippen molar-refractivity contribution in [3.8, 4) is 17.1 Å². The first-order valence-corrected chi connectivity index (χ1v) is 13.6. The van der Waals surface area contributed by atoms with Crippen LogP contribution in [0.3, 0.4) is 0 Å². The Morgan fingerprint density at radius 2 is 1.25 bits per heavy atom. The second kappa shape index (κ2) is 11.7. The fourth-order valence-electron chi connectivity index (χ4n) is 3.79. The van der Waals surface area contributed by atoms with E-state index in [1.54, 1.807) is 0 Å². The van der Waals surface area contributed by atoms with Crippen LogP contribution in [0, 0.1) is 4.77 Å². The monoisotopic (exact) mass is 514 g/mol. The minimum absolute atomic E-state index is 0.376. The fourth-order valence-corrected chi connectivity index (χ4v) is 6.59. The summed E-state index contributed by atoms with van der Waals surface area (Å²) in [5, 5.41) is 9.33. The molecule has 0 unspecified atom stereocenters. The lowest BCUT2D eigenvalue weighted by Gasteiger charge is -2.19. The Balaban J connectivity index is 0.000000174. The molecule has 0 bridgehead atoms. The zero-order chi connectivity index (χ0) is 25.4. The number of ether oxygens (including phenoxy) is 1. The van der Waals surface area contributed by atoms with Gasteiger partial charge in [0.1, 0.15) is 5.75 Å². The highest BCUT2D eigenvalue weighted by molar-refractivity contribution is 7.85. The summed E-state index contributed by atoms with van der Waals surface area (Å²) in [4.78, 5) is 0. The molecule has 1 aromatic heterocycles. The maximum absolute atomic E-state index is 13.8. The van der Waals surface area contributed by atoms with Crippen molar-refractivity contribution in [2.45, 2.75) is 6.92 Å². The van der Waals surface area contributed by atoms with E-state index in [1.807, 2.05) is 122 Å². The number of nitrogens with one attached hydrogen (secondary N) is 1. The quantitative estimate of drug-likeness (QED) is 0.188. The molecule has 0 aliphatic carbocycles. The summed E-state index contributed by atoms with van der Waals surface area (Å²) >= 11 is 4.96. The van der Waals surface area contributed by atoms with E-state index in [4.69, 9.17) is 22.8 Å². The van der Waals surface area contributed by atoms with Gasteiger partial charge in [0, 0.05) is 15.9 Å². The van der Waals surface area contributed by atoms with Gasteiger partial charge in [-0.05, 0) is 31.3 Å². The molecule has 0 spiro atoms. The Morgan fingerprint density at radius 3 is 1.67 bits per heavy atom. The van der Waals surface area contributed by atoms with Crippen molar-refractivity contribution in [2.24, 2.45) is 0 Å².